The second kappa shape index (κ2) is 17.1. The number of hydrogen-bond donors (Lipinski definition) is 0. The summed E-state index contributed by atoms with van der Waals surface area (Å²) in [6.07, 6.45) is 5.58. The van der Waals surface area contributed by atoms with Crippen LogP contribution >= 0.6 is 0 Å². The molecule has 8 amide bonds. The van der Waals surface area contributed by atoms with Crippen molar-refractivity contribution >= 4 is 41.4 Å². The Labute approximate surface area is 355 Å². The summed E-state index contributed by atoms with van der Waals surface area (Å²) in [6, 6.07) is 41.9. The third kappa shape index (κ3) is 7.90. The van der Waals surface area contributed by atoms with Crippen molar-refractivity contribution in [1.29, 1.82) is 0 Å². The summed E-state index contributed by atoms with van der Waals surface area (Å²) >= 11 is 0. The lowest BCUT2D eigenvalue weighted by atomic mass is 9.90. The zero-order chi connectivity index (χ0) is 42.0. The van der Waals surface area contributed by atoms with Crippen LogP contribution in [0.15, 0.2) is 140 Å². The van der Waals surface area contributed by atoms with Gasteiger partial charge < -0.3 is 0 Å². The molecule has 2 aliphatic carbocycles. The Balaban J connectivity index is 0.957. The fourth-order valence-electron chi connectivity index (χ4n) is 9.83. The van der Waals surface area contributed by atoms with E-state index in [1.807, 2.05) is 127 Å². The molecule has 4 unspecified atom stereocenters. The van der Waals surface area contributed by atoms with Crippen molar-refractivity contribution in [2.75, 3.05) is 4.90 Å². The van der Waals surface area contributed by atoms with E-state index in [4.69, 9.17) is 0 Å². The van der Waals surface area contributed by atoms with E-state index in [1.165, 1.54) is 14.7 Å². The van der Waals surface area contributed by atoms with Gasteiger partial charge in [-0.25, -0.2) is 14.5 Å². The average Bonchev–Trinajstić information content (AvgIpc) is 4.01. The van der Waals surface area contributed by atoms with Crippen molar-refractivity contribution in [2.24, 2.45) is 11.8 Å². The lowest BCUT2D eigenvalue weighted by Gasteiger charge is -2.42. The van der Waals surface area contributed by atoms with Crippen LogP contribution in [0.3, 0.4) is 0 Å². The Hall–Kier alpha value is -6.68. The SMILES string of the molecule is O=C1C(Cc2cccc(C3CCC(N4C(=O)C(Cc5ccccc5)C(=O)N(C5CCCC5)C4=O)C3)c2)C(=O)N(c2ccc(-c3ccccc3)cc2)C(=O)N1Cc1ccccc1. The molecule has 10 heteroatoms. The Bertz CT molecular complexity index is 2450. The molecule has 0 aromatic heterocycles. The predicted octanol–water partition coefficient (Wildman–Crippen LogP) is 8.94. The number of rotatable bonds is 11. The van der Waals surface area contributed by atoms with Crippen LogP contribution in [0.4, 0.5) is 15.3 Å². The van der Waals surface area contributed by atoms with Gasteiger partial charge in [-0.3, -0.25) is 33.9 Å². The fourth-order valence-corrected chi connectivity index (χ4v) is 9.83. The summed E-state index contributed by atoms with van der Waals surface area (Å²) in [7, 11) is 0. The molecule has 0 bridgehead atoms. The Morgan fingerprint density at radius 3 is 1.69 bits per heavy atom. The minimum absolute atomic E-state index is 0.00391. The van der Waals surface area contributed by atoms with Crippen LogP contribution in [0.2, 0.25) is 0 Å². The van der Waals surface area contributed by atoms with Gasteiger partial charge in [0.1, 0.15) is 11.8 Å². The first kappa shape index (κ1) is 39.8. The molecule has 5 aromatic rings. The van der Waals surface area contributed by atoms with E-state index in [-0.39, 0.29) is 43.3 Å². The molecule has 5 aromatic carbocycles. The summed E-state index contributed by atoms with van der Waals surface area (Å²) in [6.45, 7) is 0.0221. The normalized spacial score (nSPS) is 22.5. The molecule has 0 spiro atoms. The van der Waals surface area contributed by atoms with E-state index in [0.29, 0.717) is 18.5 Å². The van der Waals surface area contributed by atoms with Crippen molar-refractivity contribution in [3.8, 4) is 11.1 Å². The maximum atomic E-state index is 14.4. The maximum absolute atomic E-state index is 14.4. The number of carbonyl (C=O) groups excluding carboxylic acids is 6. The molecule has 0 radical (unpaired) electrons. The van der Waals surface area contributed by atoms with Crippen LogP contribution in [0.5, 0.6) is 0 Å². The lowest BCUT2D eigenvalue weighted by Crippen LogP contribution is -2.64. The zero-order valence-electron chi connectivity index (χ0n) is 34.0. The summed E-state index contributed by atoms with van der Waals surface area (Å²) in [5.74, 6) is -4.03. The largest absolute Gasteiger partial charge is 0.338 e. The van der Waals surface area contributed by atoms with Crippen molar-refractivity contribution in [1.82, 2.24) is 14.7 Å². The standard InChI is InChI=1S/C51H48N4O6/c56-46-44(47(57)53(50(60)52(46)33-35-15-6-2-7-16-35)42-26-23-38(24-27-42)37-18-8-3-9-19-37)31-36-17-12-20-39(29-36)40-25-28-43(32-40)55-49(59)45(30-34-13-4-1-5-14-34)48(58)54(51(55)61)41-21-10-11-22-41/h1-9,12-20,23-24,26-27,29,40-41,43-45H,10-11,21-22,25,28,30-33H2. The van der Waals surface area contributed by atoms with Crippen LogP contribution in [0.1, 0.15) is 73.1 Å². The van der Waals surface area contributed by atoms with Gasteiger partial charge in [-0.2, -0.15) is 0 Å². The van der Waals surface area contributed by atoms with Gasteiger partial charge in [-0.15, -0.1) is 0 Å². The first-order chi connectivity index (χ1) is 29.7. The first-order valence-electron chi connectivity index (χ1n) is 21.5. The van der Waals surface area contributed by atoms with E-state index >= 15 is 0 Å². The number of imide groups is 4. The highest BCUT2D eigenvalue weighted by molar-refractivity contribution is 6.27. The number of anilines is 1. The predicted molar refractivity (Wildman–Crippen MR) is 231 cm³/mol. The number of amides is 8. The van der Waals surface area contributed by atoms with Gasteiger partial charge in [0.05, 0.1) is 12.2 Å². The summed E-state index contributed by atoms with van der Waals surface area (Å²) in [5, 5.41) is 0. The molecule has 10 nitrogen and oxygen atoms in total. The molecule has 4 fully saturated rings. The number of nitrogens with zero attached hydrogens (tertiary/aromatic N) is 4. The summed E-state index contributed by atoms with van der Waals surface area (Å²) < 4.78 is 0. The van der Waals surface area contributed by atoms with Crippen molar-refractivity contribution in [2.45, 2.75) is 82.3 Å². The van der Waals surface area contributed by atoms with E-state index in [0.717, 1.165) is 70.4 Å². The zero-order valence-corrected chi connectivity index (χ0v) is 34.0. The van der Waals surface area contributed by atoms with Gasteiger partial charge >= 0.3 is 12.1 Å². The lowest BCUT2D eigenvalue weighted by molar-refractivity contribution is -0.152. The van der Waals surface area contributed by atoms with Crippen LogP contribution in [0, 0.1) is 11.8 Å². The number of hydrogen-bond acceptors (Lipinski definition) is 6. The van der Waals surface area contributed by atoms with Gasteiger partial charge in [-0.05, 0) is 96.4 Å². The Kier molecular flexibility index (Phi) is 11.2. The molecule has 2 saturated carbocycles. The monoisotopic (exact) mass is 812 g/mol. The minimum Gasteiger partial charge on any atom is -0.273 e. The minimum atomic E-state index is -1.15. The van der Waals surface area contributed by atoms with Crippen molar-refractivity contribution in [3.63, 3.8) is 0 Å². The quantitative estimate of drug-likeness (QED) is 0.123. The molecule has 2 aliphatic heterocycles. The molecule has 0 N–H and O–H groups in total. The highest BCUT2D eigenvalue weighted by Gasteiger charge is 2.52. The van der Waals surface area contributed by atoms with Crippen LogP contribution < -0.4 is 4.90 Å². The van der Waals surface area contributed by atoms with E-state index in [2.05, 4.69) is 0 Å². The maximum Gasteiger partial charge on any atom is 0.338 e. The van der Waals surface area contributed by atoms with Crippen molar-refractivity contribution in [3.05, 3.63) is 162 Å². The highest BCUT2D eigenvalue weighted by Crippen LogP contribution is 2.41. The van der Waals surface area contributed by atoms with Crippen molar-refractivity contribution < 1.29 is 28.8 Å². The van der Waals surface area contributed by atoms with Crippen LogP contribution in [-0.2, 0) is 38.6 Å². The van der Waals surface area contributed by atoms with E-state index in [1.54, 1.807) is 12.1 Å². The third-order valence-corrected chi connectivity index (χ3v) is 13.0. The van der Waals surface area contributed by atoms with E-state index in [9.17, 15) is 28.8 Å². The molecule has 308 valence electrons. The molecule has 2 saturated heterocycles. The number of benzene rings is 5. The van der Waals surface area contributed by atoms with Crippen LogP contribution in [-0.4, -0.2) is 62.5 Å². The number of barbiturate groups is 2. The fraction of sp³-hybridized carbons (Fsp3) is 0.294. The smallest absolute Gasteiger partial charge is 0.273 e. The van der Waals surface area contributed by atoms with Crippen LogP contribution in [0.25, 0.3) is 11.1 Å². The molecular formula is C51H48N4O6. The second-order valence-corrected chi connectivity index (χ2v) is 16.8. The van der Waals surface area contributed by atoms with Gasteiger partial charge in [0.15, 0.2) is 0 Å². The Morgan fingerprint density at radius 2 is 1.02 bits per heavy atom. The number of urea groups is 2. The van der Waals surface area contributed by atoms with E-state index < -0.39 is 41.6 Å². The molecular weight excluding hydrogens is 765 g/mol. The van der Waals surface area contributed by atoms with Gasteiger partial charge in [0.2, 0.25) is 23.6 Å². The van der Waals surface area contributed by atoms with Gasteiger partial charge in [0.25, 0.3) is 0 Å². The Morgan fingerprint density at radius 1 is 0.459 bits per heavy atom. The highest BCUT2D eigenvalue weighted by atomic mass is 16.2. The molecule has 4 atom stereocenters. The molecule has 9 rings (SSSR count). The van der Waals surface area contributed by atoms with Gasteiger partial charge in [0, 0.05) is 12.1 Å². The third-order valence-electron chi connectivity index (χ3n) is 13.0. The molecule has 4 aliphatic rings. The van der Waals surface area contributed by atoms with Gasteiger partial charge in [-0.1, -0.05) is 140 Å². The summed E-state index contributed by atoms with van der Waals surface area (Å²) in [5.41, 5.74) is 5.72. The topological polar surface area (TPSA) is 115 Å². The summed E-state index contributed by atoms with van der Waals surface area (Å²) in [4.78, 5) is 90.1. The average molecular weight is 813 g/mol. The molecule has 2 heterocycles. The molecule has 61 heavy (non-hydrogen) atoms. The number of carbonyl (C=O) groups is 6. The second-order valence-electron chi connectivity index (χ2n) is 16.8. The first-order valence-corrected chi connectivity index (χ1v) is 21.5.